The highest BCUT2D eigenvalue weighted by molar-refractivity contribution is 5.94. The van der Waals surface area contributed by atoms with Crippen molar-refractivity contribution in [1.29, 1.82) is 0 Å². The number of nitrogens with one attached hydrogen (secondary N) is 3. The van der Waals surface area contributed by atoms with Gasteiger partial charge in [0.2, 0.25) is 0 Å². The molecule has 3 N–H and O–H groups in total. The van der Waals surface area contributed by atoms with Gasteiger partial charge >= 0.3 is 6.03 Å². The second kappa shape index (κ2) is 10.7. The molecular weight excluding hydrogens is 394 g/mol. The third-order valence-corrected chi connectivity index (χ3v) is 6.41. The Labute approximate surface area is 184 Å². The van der Waals surface area contributed by atoms with E-state index in [-0.39, 0.29) is 18.5 Å². The summed E-state index contributed by atoms with van der Waals surface area (Å²) in [7, 11) is 0. The van der Waals surface area contributed by atoms with E-state index in [1.807, 2.05) is 6.07 Å². The fraction of sp³-hybridized carbons (Fsp3) is 0.583. The summed E-state index contributed by atoms with van der Waals surface area (Å²) >= 11 is 0. The van der Waals surface area contributed by atoms with Gasteiger partial charge in [0.15, 0.2) is 18.0 Å². The Kier molecular flexibility index (Phi) is 7.46. The molecule has 3 aliphatic rings. The highest BCUT2D eigenvalue weighted by Gasteiger charge is 2.32. The van der Waals surface area contributed by atoms with Crippen LogP contribution in [0.25, 0.3) is 0 Å². The number of imide groups is 1. The van der Waals surface area contributed by atoms with Crippen LogP contribution in [0.3, 0.4) is 0 Å². The van der Waals surface area contributed by atoms with Crippen LogP contribution in [0.4, 0.5) is 4.79 Å². The normalized spacial score (nSPS) is 22.9. The average Bonchev–Trinajstić information content (AvgIpc) is 3.09. The van der Waals surface area contributed by atoms with Crippen molar-refractivity contribution in [2.45, 2.75) is 57.4 Å². The van der Waals surface area contributed by atoms with E-state index in [1.54, 1.807) is 0 Å². The number of amides is 3. The van der Waals surface area contributed by atoms with Crippen LogP contribution >= 0.6 is 0 Å². The molecule has 1 aliphatic carbocycles. The minimum atomic E-state index is -0.396. The number of hydrogen-bond donors (Lipinski definition) is 3. The van der Waals surface area contributed by atoms with Crippen molar-refractivity contribution in [3.63, 3.8) is 0 Å². The van der Waals surface area contributed by atoms with Gasteiger partial charge in [0.05, 0.1) is 19.8 Å². The second-order valence-electron chi connectivity index (χ2n) is 8.70. The van der Waals surface area contributed by atoms with Crippen LogP contribution in [0.5, 0.6) is 11.5 Å². The van der Waals surface area contributed by atoms with Gasteiger partial charge in [0.1, 0.15) is 6.04 Å². The maximum atomic E-state index is 12.5. The summed E-state index contributed by atoms with van der Waals surface area (Å²) in [6, 6.07) is 5.94. The Morgan fingerprint density at radius 2 is 1.94 bits per heavy atom. The van der Waals surface area contributed by atoms with Crippen LogP contribution in [0, 0.1) is 0 Å². The Morgan fingerprint density at radius 3 is 2.77 bits per heavy atom. The number of carbonyl (C=O) groups excluding carboxylic acids is 2. The fourth-order valence-corrected chi connectivity index (χ4v) is 4.81. The van der Waals surface area contributed by atoms with Crippen molar-refractivity contribution in [2.24, 2.45) is 0 Å². The Bertz CT molecular complexity index is 823. The predicted octanol–water partition coefficient (Wildman–Crippen LogP) is 2.28. The lowest BCUT2D eigenvalue weighted by Crippen LogP contribution is -3.11. The van der Waals surface area contributed by atoms with Gasteiger partial charge in [0.25, 0.3) is 5.91 Å². The zero-order chi connectivity index (χ0) is 21.5. The van der Waals surface area contributed by atoms with Crippen molar-refractivity contribution in [3.8, 4) is 11.5 Å². The predicted molar refractivity (Wildman–Crippen MR) is 117 cm³/mol. The number of urea groups is 1. The second-order valence-corrected chi connectivity index (χ2v) is 8.70. The van der Waals surface area contributed by atoms with Gasteiger partial charge in [0, 0.05) is 31.4 Å². The van der Waals surface area contributed by atoms with Crippen LogP contribution in [0.1, 0.15) is 63.0 Å². The van der Waals surface area contributed by atoms with Gasteiger partial charge in [-0.25, -0.2) is 4.79 Å². The first-order chi connectivity index (χ1) is 15.2. The average molecular weight is 429 g/mol. The van der Waals surface area contributed by atoms with E-state index in [1.165, 1.54) is 23.3 Å². The van der Waals surface area contributed by atoms with Gasteiger partial charge in [-0.3, -0.25) is 10.1 Å². The molecule has 3 amide bonds. The molecule has 1 fully saturated rings. The number of hydrogen-bond acceptors (Lipinski definition) is 4. The molecule has 2 heterocycles. The zero-order valence-corrected chi connectivity index (χ0v) is 18.2. The fourth-order valence-electron chi connectivity index (χ4n) is 4.81. The third-order valence-electron chi connectivity index (χ3n) is 6.41. The molecule has 4 rings (SSSR count). The molecule has 2 aliphatic heterocycles. The molecule has 0 aromatic heterocycles. The topological polar surface area (TPSA) is 81.1 Å². The number of rotatable bonds is 6. The Balaban J connectivity index is 1.26. The van der Waals surface area contributed by atoms with Gasteiger partial charge in [-0.2, -0.15) is 0 Å². The van der Waals surface area contributed by atoms with E-state index in [0.29, 0.717) is 19.8 Å². The molecule has 7 nitrogen and oxygen atoms in total. The van der Waals surface area contributed by atoms with Gasteiger partial charge in [-0.1, -0.05) is 11.6 Å². The SMILES string of the molecule is O=C(C[NH+]1CCC[C@H]1c1ccc2c(c1)OCCCO2)NC(=O)NCCC1=CCCCC1. The third kappa shape index (κ3) is 6.00. The summed E-state index contributed by atoms with van der Waals surface area (Å²) in [5, 5.41) is 5.32. The molecule has 31 heavy (non-hydrogen) atoms. The smallest absolute Gasteiger partial charge is 0.321 e. The highest BCUT2D eigenvalue weighted by Crippen LogP contribution is 2.33. The zero-order valence-electron chi connectivity index (χ0n) is 18.2. The van der Waals surface area contributed by atoms with E-state index in [0.717, 1.165) is 62.1 Å². The van der Waals surface area contributed by atoms with Crippen molar-refractivity contribution in [1.82, 2.24) is 10.6 Å². The highest BCUT2D eigenvalue weighted by atomic mass is 16.5. The lowest BCUT2D eigenvalue weighted by atomic mass is 9.97. The molecule has 7 heteroatoms. The molecule has 1 unspecified atom stereocenters. The van der Waals surface area contributed by atoms with Crippen LogP contribution in [0.15, 0.2) is 29.8 Å². The number of allylic oxidation sites excluding steroid dienone is 1. The summed E-state index contributed by atoms with van der Waals surface area (Å²) in [5.74, 6) is 1.35. The minimum Gasteiger partial charge on any atom is -0.490 e. The summed E-state index contributed by atoms with van der Waals surface area (Å²) in [4.78, 5) is 25.8. The standard InChI is InChI=1S/C24H33N3O4/c28-23(26-24(29)25-12-11-18-6-2-1-3-7-18)17-27-13-4-8-20(27)19-9-10-21-22(16-19)31-15-5-14-30-21/h6,9-10,16,20H,1-5,7-8,11-15,17H2,(H2,25,26,28,29)/p+1/t20-/m0/s1. The Morgan fingerprint density at radius 1 is 1.06 bits per heavy atom. The molecule has 1 aromatic carbocycles. The Hall–Kier alpha value is -2.54. The molecule has 0 spiro atoms. The van der Waals surface area contributed by atoms with E-state index in [4.69, 9.17) is 9.47 Å². The first-order valence-corrected chi connectivity index (χ1v) is 11.7. The molecule has 1 aromatic rings. The van der Waals surface area contributed by atoms with Gasteiger partial charge < -0.3 is 19.7 Å². The van der Waals surface area contributed by atoms with E-state index in [9.17, 15) is 9.59 Å². The maximum Gasteiger partial charge on any atom is 0.321 e. The van der Waals surface area contributed by atoms with Gasteiger partial charge in [-0.05, 0) is 50.3 Å². The minimum absolute atomic E-state index is 0.226. The van der Waals surface area contributed by atoms with Crippen LogP contribution in [-0.2, 0) is 4.79 Å². The van der Waals surface area contributed by atoms with Crippen LogP contribution < -0.4 is 25.0 Å². The molecule has 0 radical (unpaired) electrons. The number of likely N-dealkylation sites (tertiary alicyclic amines) is 1. The molecule has 168 valence electrons. The summed E-state index contributed by atoms with van der Waals surface area (Å²) in [6.45, 7) is 3.11. The maximum absolute atomic E-state index is 12.5. The largest absolute Gasteiger partial charge is 0.490 e. The number of benzene rings is 1. The van der Waals surface area contributed by atoms with Gasteiger partial charge in [-0.15, -0.1) is 0 Å². The molecule has 1 saturated heterocycles. The summed E-state index contributed by atoms with van der Waals surface area (Å²) in [6.07, 6.45) is 10.9. The van der Waals surface area contributed by atoms with E-state index < -0.39 is 6.03 Å². The van der Waals surface area contributed by atoms with Crippen molar-refractivity contribution in [3.05, 3.63) is 35.4 Å². The monoisotopic (exact) mass is 428 g/mol. The van der Waals surface area contributed by atoms with E-state index >= 15 is 0 Å². The van der Waals surface area contributed by atoms with Crippen LogP contribution in [-0.4, -0.2) is 44.8 Å². The summed E-state index contributed by atoms with van der Waals surface area (Å²) in [5.41, 5.74) is 2.58. The summed E-state index contributed by atoms with van der Waals surface area (Å²) < 4.78 is 11.6. The number of quaternary nitrogens is 1. The first kappa shape index (κ1) is 21.7. The first-order valence-electron chi connectivity index (χ1n) is 11.7. The molecule has 0 bridgehead atoms. The lowest BCUT2D eigenvalue weighted by molar-refractivity contribution is -0.910. The number of fused-ring (bicyclic) bond motifs is 1. The molecular formula is C24H34N3O4+. The molecule has 0 saturated carbocycles. The number of ether oxygens (including phenoxy) is 2. The van der Waals surface area contributed by atoms with E-state index in [2.05, 4.69) is 28.8 Å². The van der Waals surface area contributed by atoms with Crippen molar-refractivity contribution in [2.75, 3.05) is 32.8 Å². The van der Waals surface area contributed by atoms with Crippen molar-refractivity contribution >= 4 is 11.9 Å². The lowest BCUT2D eigenvalue weighted by Gasteiger charge is -2.22. The van der Waals surface area contributed by atoms with Crippen LogP contribution in [0.2, 0.25) is 0 Å². The quantitative estimate of drug-likeness (QED) is 0.608. The number of carbonyl (C=O) groups is 2. The molecule has 2 atom stereocenters. The van der Waals surface area contributed by atoms with Crippen molar-refractivity contribution < 1.29 is 24.0 Å².